The van der Waals surface area contributed by atoms with Crippen LogP contribution in [0.4, 0.5) is 5.82 Å². The van der Waals surface area contributed by atoms with Crippen molar-refractivity contribution < 1.29 is 0 Å². The van der Waals surface area contributed by atoms with E-state index in [1.807, 2.05) is 19.2 Å². The molecule has 0 spiro atoms. The van der Waals surface area contributed by atoms with Gasteiger partial charge in [-0.25, -0.2) is 9.97 Å². The van der Waals surface area contributed by atoms with Gasteiger partial charge in [0.2, 0.25) is 0 Å². The third-order valence-electron chi connectivity index (χ3n) is 2.74. The summed E-state index contributed by atoms with van der Waals surface area (Å²) in [6, 6.07) is 2.54. The Morgan fingerprint density at radius 1 is 1.57 bits per heavy atom. The second-order valence-corrected chi connectivity index (χ2v) is 3.99. The predicted octanol–water partition coefficient (Wildman–Crippen LogP) is 2.39. The Kier molecular flexibility index (Phi) is 2.66. The number of aromatic nitrogens is 2. The highest BCUT2D eigenvalue weighted by Crippen LogP contribution is 2.35. The molecule has 3 nitrogen and oxygen atoms in total. The van der Waals surface area contributed by atoms with E-state index in [1.54, 1.807) is 0 Å². The molecule has 2 rings (SSSR count). The van der Waals surface area contributed by atoms with Crippen LogP contribution in [-0.4, -0.2) is 16.0 Å². The number of hydrogen-bond donors (Lipinski definition) is 1. The summed E-state index contributed by atoms with van der Waals surface area (Å²) in [6.45, 7) is 4.15. The molecule has 0 amide bonds. The average molecular weight is 191 g/mol. The van der Waals surface area contributed by atoms with Gasteiger partial charge in [0, 0.05) is 12.2 Å². The first kappa shape index (κ1) is 9.44. The molecule has 1 unspecified atom stereocenters. The van der Waals surface area contributed by atoms with Gasteiger partial charge in [-0.1, -0.05) is 6.92 Å². The maximum absolute atomic E-state index is 4.35. The van der Waals surface area contributed by atoms with Gasteiger partial charge in [-0.3, -0.25) is 0 Å². The van der Waals surface area contributed by atoms with Crippen molar-refractivity contribution in [2.75, 3.05) is 5.32 Å². The van der Waals surface area contributed by atoms with Gasteiger partial charge in [0.1, 0.15) is 11.6 Å². The van der Waals surface area contributed by atoms with Crippen molar-refractivity contribution in [1.29, 1.82) is 0 Å². The highest BCUT2D eigenvalue weighted by atomic mass is 15.0. The largest absolute Gasteiger partial charge is 0.367 e. The fraction of sp³-hybridized carbons (Fsp3) is 0.636. The lowest BCUT2D eigenvalue weighted by atomic mass is 10.1. The number of aryl methyl sites for hydroxylation is 1. The maximum atomic E-state index is 4.35. The monoisotopic (exact) mass is 191 g/mol. The van der Waals surface area contributed by atoms with E-state index < -0.39 is 0 Å². The van der Waals surface area contributed by atoms with E-state index in [0.717, 1.165) is 17.6 Å². The van der Waals surface area contributed by atoms with E-state index in [-0.39, 0.29) is 0 Å². The lowest BCUT2D eigenvalue weighted by Crippen LogP contribution is -2.21. The van der Waals surface area contributed by atoms with E-state index in [1.165, 1.54) is 19.3 Å². The molecule has 1 fully saturated rings. The zero-order valence-electron chi connectivity index (χ0n) is 8.83. The Labute approximate surface area is 85.0 Å². The SMILES string of the molecule is CCC(Nc1ccnc(C)n1)C1CC1. The average Bonchev–Trinajstić information content (AvgIpc) is 2.97. The third kappa shape index (κ3) is 2.22. The van der Waals surface area contributed by atoms with Crippen molar-refractivity contribution in [3.8, 4) is 0 Å². The number of hydrogen-bond acceptors (Lipinski definition) is 3. The molecule has 1 heterocycles. The Hall–Kier alpha value is -1.12. The Morgan fingerprint density at radius 2 is 2.36 bits per heavy atom. The van der Waals surface area contributed by atoms with Crippen molar-refractivity contribution in [2.45, 2.75) is 39.2 Å². The Bertz CT molecular complexity index is 307. The van der Waals surface area contributed by atoms with Crippen LogP contribution in [0.5, 0.6) is 0 Å². The van der Waals surface area contributed by atoms with Crippen LogP contribution in [0, 0.1) is 12.8 Å². The highest BCUT2D eigenvalue weighted by Gasteiger charge is 2.29. The second-order valence-electron chi connectivity index (χ2n) is 3.99. The van der Waals surface area contributed by atoms with Gasteiger partial charge >= 0.3 is 0 Å². The first-order valence-electron chi connectivity index (χ1n) is 5.35. The van der Waals surface area contributed by atoms with Gasteiger partial charge in [-0.05, 0) is 38.2 Å². The summed E-state index contributed by atoms with van der Waals surface area (Å²) in [5.41, 5.74) is 0. The molecule has 3 heteroatoms. The summed E-state index contributed by atoms with van der Waals surface area (Å²) in [5.74, 6) is 2.67. The summed E-state index contributed by atoms with van der Waals surface area (Å²) in [7, 11) is 0. The van der Waals surface area contributed by atoms with Crippen molar-refractivity contribution in [3.63, 3.8) is 0 Å². The third-order valence-corrected chi connectivity index (χ3v) is 2.74. The smallest absolute Gasteiger partial charge is 0.129 e. The van der Waals surface area contributed by atoms with Gasteiger partial charge in [-0.15, -0.1) is 0 Å². The first-order valence-corrected chi connectivity index (χ1v) is 5.35. The van der Waals surface area contributed by atoms with E-state index in [4.69, 9.17) is 0 Å². The van der Waals surface area contributed by atoms with Gasteiger partial charge < -0.3 is 5.32 Å². The van der Waals surface area contributed by atoms with Gasteiger partial charge in [0.15, 0.2) is 0 Å². The topological polar surface area (TPSA) is 37.8 Å². The summed E-state index contributed by atoms with van der Waals surface area (Å²) in [6.07, 6.45) is 5.73. The molecule has 0 aliphatic heterocycles. The van der Waals surface area contributed by atoms with E-state index >= 15 is 0 Å². The Balaban J connectivity index is 2.01. The summed E-state index contributed by atoms with van der Waals surface area (Å²) in [5, 5.41) is 3.48. The molecule has 76 valence electrons. The predicted molar refractivity (Wildman–Crippen MR) is 57.2 cm³/mol. The van der Waals surface area contributed by atoms with Crippen LogP contribution in [0.25, 0.3) is 0 Å². The standard InChI is InChI=1S/C11H17N3/c1-3-10(9-4-5-9)14-11-6-7-12-8(2)13-11/h6-7,9-10H,3-5H2,1-2H3,(H,12,13,14). The number of nitrogens with one attached hydrogen (secondary N) is 1. The molecule has 1 aliphatic carbocycles. The van der Waals surface area contributed by atoms with Crippen molar-refractivity contribution >= 4 is 5.82 Å². The molecule has 0 aromatic carbocycles. The minimum Gasteiger partial charge on any atom is -0.367 e. The van der Waals surface area contributed by atoms with Crippen molar-refractivity contribution in [1.82, 2.24) is 9.97 Å². The zero-order chi connectivity index (χ0) is 9.97. The minimum absolute atomic E-state index is 0.601. The number of anilines is 1. The van der Waals surface area contributed by atoms with E-state index in [2.05, 4.69) is 22.2 Å². The van der Waals surface area contributed by atoms with Crippen LogP contribution >= 0.6 is 0 Å². The molecule has 1 saturated carbocycles. The summed E-state index contributed by atoms with van der Waals surface area (Å²) in [4.78, 5) is 8.43. The molecule has 0 radical (unpaired) electrons. The number of rotatable bonds is 4. The van der Waals surface area contributed by atoms with E-state index in [9.17, 15) is 0 Å². The van der Waals surface area contributed by atoms with Crippen LogP contribution < -0.4 is 5.32 Å². The summed E-state index contributed by atoms with van der Waals surface area (Å²) < 4.78 is 0. The van der Waals surface area contributed by atoms with Crippen molar-refractivity contribution in [2.24, 2.45) is 5.92 Å². The lowest BCUT2D eigenvalue weighted by Gasteiger charge is -2.16. The molecule has 1 aromatic heterocycles. The van der Waals surface area contributed by atoms with Crippen LogP contribution in [0.15, 0.2) is 12.3 Å². The fourth-order valence-corrected chi connectivity index (χ4v) is 1.78. The normalized spacial score (nSPS) is 17.9. The van der Waals surface area contributed by atoms with Crippen molar-refractivity contribution in [3.05, 3.63) is 18.1 Å². The van der Waals surface area contributed by atoms with Crippen LogP contribution in [0.2, 0.25) is 0 Å². The van der Waals surface area contributed by atoms with Crippen LogP contribution in [0.3, 0.4) is 0 Å². The molecular formula is C11H17N3. The molecule has 0 saturated heterocycles. The first-order chi connectivity index (χ1) is 6.79. The van der Waals surface area contributed by atoms with Crippen LogP contribution in [-0.2, 0) is 0 Å². The van der Waals surface area contributed by atoms with Gasteiger partial charge in [0.25, 0.3) is 0 Å². The minimum atomic E-state index is 0.601. The number of nitrogens with zero attached hydrogens (tertiary/aromatic N) is 2. The van der Waals surface area contributed by atoms with Gasteiger partial charge in [0.05, 0.1) is 0 Å². The van der Waals surface area contributed by atoms with E-state index in [0.29, 0.717) is 6.04 Å². The summed E-state index contributed by atoms with van der Waals surface area (Å²) >= 11 is 0. The maximum Gasteiger partial charge on any atom is 0.129 e. The Morgan fingerprint density at radius 3 is 2.93 bits per heavy atom. The molecule has 1 atom stereocenters. The lowest BCUT2D eigenvalue weighted by molar-refractivity contribution is 0.613. The quantitative estimate of drug-likeness (QED) is 0.794. The molecule has 1 aromatic rings. The molecule has 14 heavy (non-hydrogen) atoms. The molecule has 1 aliphatic rings. The molecule has 1 N–H and O–H groups in total. The highest BCUT2D eigenvalue weighted by molar-refractivity contribution is 5.34. The van der Waals surface area contributed by atoms with Gasteiger partial charge in [-0.2, -0.15) is 0 Å². The molecular weight excluding hydrogens is 174 g/mol. The fourth-order valence-electron chi connectivity index (χ4n) is 1.78. The zero-order valence-corrected chi connectivity index (χ0v) is 8.83. The molecule has 0 bridgehead atoms. The second kappa shape index (κ2) is 3.95. The van der Waals surface area contributed by atoms with Crippen LogP contribution in [0.1, 0.15) is 32.0 Å².